The van der Waals surface area contributed by atoms with Gasteiger partial charge in [-0.3, -0.25) is 0 Å². The van der Waals surface area contributed by atoms with Crippen molar-refractivity contribution in [1.29, 1.82) is 0 Å². The van der Waals surface area contributed by atoms with E-state index in [1.54, 1.807) is 0 Å². The Kier molecular flexibility index (Phi) is 5.14. The minimum absolute atomic E-state index is 0.593. The monoisotopic (exact) mass is 262 g/mol. The van der Waals surface area contributed by atoms with Crippen LogP contribution in [0.5, 0.6) is 0 Å². The van der Waals surface area contributed by atoms with Crippen LogP contribution >= 0.6 is 0 Å². The SMILES string of the molecule is CC(C)Cc1ccc(N(C)CC2CCCCN2)nn1. The number of nitrogens with one attached hydrogen (secondary N) is 1. The van der Waals surface area contributed by atoms with E-state index >= 15 is 0 Å². The van der Waals surface area contributed by atoms with Crippen LogP contribution in [0.4, 0.5) is 5.82 Å². The Hall–Kier alpha value is -1.16. The summed E-state index contributed by atoms with van der Waals surface area (Å²) in [4.78, 5) is 2.20. The summed E-state index contributed by atoms with van der Waals surface area (Å²) >= 11 is 0. The van der Waals surface area contributed by atoms with Gasteiger partial charge >= 0.3 is 0 Å². The van der Waals surface area contributed by atoms with E-state index in [2.05, 4.69) is 53.4 Å². The lowest BCUT2D eigenvalue weighted by Gasteiger charge is -2.28. The molecule has 4 heteroatoms. The first kappa shape index (κ1) is 14.3. The van der Waals surface area contributed by atoms with Crippen LogP contribution in [0.2, 0.25) is 0 Å². The van der Waals surface area contributed by atoms with Crippen molar-refractivity contribution in [2.75, 3.05) is 25.0 Å². The summed E-state index contributed by atoms with van der Waals surface area (Å²) < 4.78 is 0. The van der Waals surface area contributed by atoms with E-state index in [0.29, 0.717) is 12.0 Å². The van der Waals surface area contributed by atoms with E-state index in [9.17, 15) is 0 Å². The summed E-state index contributed by atoms with van der Waals surface area (Å²) in [5.74, 6) is 1.60. The van der Waals surface area contributed by atoms with Crippen molar-refractivity contribution in [3.05, 3.63) is 17.8 Å². The van der Waals surface area contributed by atoms with Crippen molar-refractivity contribution >= 4 is 5.82 Å². The van der Waals surface area contributed by atoms with Crippen molar-refractivity contribution in [2.45, 2.75) is 45.6 Å². The van der Waals surface area contributed by atoms with Crippen LogP contribution in [0, 0.1) is 5.92 Å². The Bertz CT molecular complexity index is 368. The third-order valence-corrected chi connectivity index (χ3v) is 3.62. The van der Waals surface area contributed by atoms with Gasteiger partial charge in [-0.2, -0.15) is 5.10 Å². The highest BCUT2D eigenvalue weighted by Gasteiger charge is 2.15. The molecule has 4 nitrogen and oxygen atoms in total. The summed E-state index contributed by atoms with van der Waals surface area (Å²) in [5.41, 5.74) is 1.09. The van der Waals surface area contributed by atoms with E-state index in [1.807, 2.05) is 0 Å². The zero-order chi connectivity index (χ0) is 13.7. The molecule has 0 saturated carbocycles. The van der Waals surface area contributed by atoms with Gasteiger partial charge in [0.2, 0.25) is 0 Å². The van der Waals surface area contributed by atoms with Crippen LogP contribution in [0.3, 0.4) is 0 Å². The number of piperidine rings is 1. The van der Waals surface area contributed by atoms with Crippen molar-refractivity contribution in [3.63, 3.8) is 0 Å². The first-order valence-electron chi connectivity index (χ1n) is 7.42. The lowest BCUT2D eigenvalue weighted by Crippen LogP contribution is -2.42. The summed E-state index contributed by atoms with van der Waals surface area (Å²) in [5, 5.41) is 12.2. The first-order valence-corrected chi connectivity index (χ1v) is 7.42. The van der Waals surface area contributed by atoms with Crippen LogP contribution in [-0.4, -0.2) is 36.4 Å². The molecule has 0 radical (unpaired) electrons. The Morgan fingerprint density at radius 2 is 2.16 bits per heavy atom. The third-order valence-electron chi connectivity index (χ3n) is 3.62. The number of rotatable bonds is 5. The number of nitrogens with zero attached hydrogens (tertiary/aromatic N) is 3. The lowest BCUT2D eigenvalue weighted by atomic mass is 10.0. The smallest absolute Gasteiger partial charge is 0.151 e. The molecule has 0 aromatic carbocycles. The molecule has 0 bridgehead atoms. The summed E-state index contributed by atoms with van der Waals surface area (Å²) in [7, 11) is 2.10. The number of hydrogen-bond acceptors (Lipinski definition) is 4. The fourth-order valence-corrected chi connectivity index (χ4v) is 2.59. The zero-order valence-corrected chi connectivity index (χ0v) is 12.4. The average molecular weight is 262 g/mol. The molecule has 1 atom stereocenters. The topological polar surface area (TPSA) is 41.0 Å². The minimum atomic E-state index is 0.593. The van der Waals surface area contributed by atoms with E-state index in [-0.39, 0.29) is 0 Å². The molecule has 2 heterocycles. The number of hydrogen-bond donors (Lipinski definition) is 1. The van der Waals surface area contributed by atoms with Gasteiger partial charge in [-0.15, -0.1) is 5.10 Å². The molecular weight excluding hydrogens is 236 g/mol. The Labute approximate surface area is 116 Å². The van der Waals surface area contributed by atoms with E-state index in [0.717, 1.165) is 31.0 Å². The van der Waals surface area contributed by atoms with Gasteiger partial charge in [-0.25, -0.2) is 0 Å². The van der Waals surface area contributed by atoms with Crippen LogP contribution in [0.1, 0.15) is 38.8 Å². The summed E-state index contributed by atoms with van der Waals surface area (Å²) in [6.07, 6.45) is 4.92. The molecule has 1 N–H and O–H groups in total. The van der Waals surface area contributed by atoms with Crippen LogP contribution in [0.15, 0.2) is 12.1 Å². The van der Waals surface area contributed by atoms with Gasteiger partial charge in [0.1, 0.15) is 0 Å². The Balaban J connectivity index is 1.89. The maximum absolute atomic E-state index is 4.35. The molecule has 1 aromatic heterocycles. The largest absolute Gasteiger partial charge is 0.357 e. The van der Waals surface area contributed by atoms with Crippen molar-refractivity contribution in [3.8, 4) is 0 Å². The van der Waals surface area contributed by atoms with Gasteiger partial charge < -0.3 is 10.2 Å². The molecule has 1 unspecified atom stereocenters. The quantitative estimate of drug-likeness (QED) is 0.883. The van der Waals surface area contributed by atoms with Gasteiger partial charge in [0.25, 0.3) is 0 Å². The molecule has 19 heavy (non-hydrogen) atoms. The lowest BCUT2D eigenvalue weighted by molar-refractivity contribution is 0.402. The summed E-state index contributed by atoms with van der Waals surface area (Å²) in [6.45, 7) is 6.57. The minimum Gasteiger partial charge on any atom is -0.357 e. The fraction of sp³-hybridized carbons (Fsp3) is 0.733. The van der Waals surface area contributed by atoms with E-state index in [1.165, 1.54) is 19.3 Å². The third kappa shape index (κ3) is 4.46. The van der Waals surface area contributed by atoms with Crippen molar-refractivity contribution in [2.24, 2.45) is 5.92 Å². The fourth-order valence-electron chi connectivity index (χ4n) is 2.59. The average Bonchev–Trinajstić information content (AvgIpc) is 2.40. The first-order chi connectivity index (χ1) is 9.15. The number of aromatic nitrogens is 2. The highest BCUT2D eigenvalue weighted by atomic mass is 15.3. The number of likely N-dealkylation sites (N-methyl/N-ethyl adjacent to an activating group) is 1. The molecule has 1 aromatic rings. The van der Waals surface area contributed by atoms with Crippen molar-refractivity contribution in [1.82, 2.24) is 15.5 Å². The predicted molar refractivity (Wildman–Crippen MR) is 79.5 cm³/mol. The predicted octanol–water partition coefficient (Wildman–Crippen LogP) is 2.25. The second-order valence-electron chi connectivity index (χ2n) is 6.01. The molecule has 1 saturated heterocycles. The van der Waals surface area contributed by atoms with Crippen molar-refractivity contribution < 1.29 is 0 Å². The molecule has 0 amide bonds. The number of anilines is 1. The van der Waals surface area contributed by atoms with Gasteiger partial charge in [-0.1, -0.05) is 20.3 Å². The normalized spacial score (nSPS) is 19.7. The van der Waals surface area contributed by atoms with E-state index < -0.39 is 0 Å². The van der Waals surface area contributed by atoms with Crippen LogP contribution in [-0.2, 0) is 6.42 Å². The molecule has 1 aliphatic heterocycles. The van der Waals surface area contributed by atoms with Gasteiger partial charge in [0, 0.05) is 19.6 Å². The molecule has 1 aliphatic rings. The Morgan fingerprint density at radius 1 is 1.32 bits per heavy atom. The zero-order valence-electron chi connectivity index (χ0n) is 12.4. The molecule has 1 fully saturated rings. The molecule has 106 valence electrons. The second-order valence-corrected chi connectivity index (χ2v) is 6.01. The highest BCUT2D eigenvalue weighted by molar-refractivity contribution is 5.36. The molecule has 0 spiro atoms. The molecule has 2 rings (SSSR count). The van der Waals surface area contributed by atoms with Crippen LogP contribution < -0.4 is 10.2 Å². The Morgan fingerprint density at radius 3 is 2.74 bits per heavy atom. The summed E-state index contributed by atoms with van der Waals surface area (Å²) in [6, 6.07) is 4.79. The standard InChI is InChI=1S/C15H26N4/c1-12(2)10-13-7-8-15(18-17-13)19(3)11-14-6-4-5-9-16-14/h7-8,12,14,16H,4-6,9-11H2,1-3H3. The maximum Gasteiger partial charge on any atom is 0.151 e. The van der Waals surface area contributed by atoms with Crippen LogP contribution in [0.25, 0.3) is 0 Å². The van der Waals surface area contributed by atoms with E-state index in [4.69, 9.17) is 0 Å². The van der Waals surface area contributed by atoms with Gasteiger partial charge in [0.05, 0.1) is 5.69 Å². The van der Waals surface area contributed by atoms with Gasteiger partial charge in [-0.05, 0) is 43.9 Å². The second kappa shape index (κ2) is 6.85. The highest BCUT2D eigenvalue weighted by Crippen LogP contribution is 2.13. The molecular formula is C15H26N4. The molecule has 0 aliphatic carbocycles. The maximum atomic E-state index is 4.35. The van der Waals surface area contributed by atoms with Gasteiger partial charge in [0.15, 0.2) is 5.82 Å².